The number of anilines is 1. The van der Waals surface area contributed by atoms with E-state index in [1.165, 1.54) is 17.3 Å². The normalized spacial score (nSPS) is 13.0. The molecule has 0 atom stereocenters. The Kier molecular flexibility index (Phi) is 5.69. The summed E-state index contributed by atoms with van der Waals surface area (Å²) in [5.74, 6) is 0.204. The van der Waals surface area contributed by atoms with Crippen LogP contribution in [0.4, 0.5) is 10.1 Å². The van der Waals surface area contributed by atoms with Crippen molar-refractivity contribution in [2.75, 3.05) is 18.0 Å². The third-order valence-corrected chi connectivity index (χ3v) is 4.61. The molecule has 25 heavy (non-hydrogen) atoms. The maximum atomic E-state index is 14.1. The topological polar surface area (TPSA) is 29.5 Å². The lowest BCUT2D eigenvalue weighted by Gasteiger charge is -2.21. The number of aldehydes is 1. The standard InChI is InChI=1S/C21H24FNO2/c1-2-11-23-12-10-17-5-3-6-18(21(17)23)15-25-19-9-8-16(7-4-13-24)20(22)14-19/h3,5-6,8-9,13-14H,2,4,7,10-12,15H2,1H3. The fourth-order valence-electron chi connectivity index (χ4n) is 3.43. The minimum atomic E-state index is -0.315. The van der Waals surface area contributed by atoms with Crippen LogP contribution in [0.5, 0.6) is 5.75 Å². The summed E-state index contributed by atoms with van der Waals surface area (Å²) in [5.41, 5.74) is 4.35. The van der Waals surface area contributed by atoms with Crippen LogP contribution in [0.2, 0.25) is 0 Å². The third kappa shape index (κ3) is 4.01. The summed E-state index contributed by atoms with van der Waals surface area (Å²) in [7, 11) is 0. The number of carbonyl (C=O) groups is 1. The van der Waals surface area contributed by atoms with Gasteiger partial charge in [0, 0.05) is 36.8 Å². The first-order valence-corrected chi connectivity index (χ1v) is 8.93. The molecule has 0 saturated carbocycles. The first-order valence-electron chi connectivity index (χ1n) is 8.93. The molecule has 3 rings (SSSR count). The van der Waals surface area contributed by atoms with E-state index >= 15 is 0 Å². The molecule has 1 heterocycles. The van der Waals surface area contributed by atoms with E-state index in [4.69, 9.17) is 4.74 Å². The van der Waals surface area contributed by atoms with E-state index in [9.17, 15) is 9.18 Å². The second-order valence-corrected chi connectivity index (χ2v) is 6.41. The molecule has 1 aliphatic rings. The van der Waals surface area contributed by atoms with Crippen LogP contribution in [0.15, 0.2) is 36.4 Å². The van der Waals surface area contributed by atoms with Crippen LogP contribution in [0.3, 0.4) is 0 Å². The fourth-order valence-corrected chi connectivity index (χ4v) is 3.43. The van der Waals surface area contributed by atoms with Crippen molar-refractivity contribution >= 4 is 12.0 Å². The Hall–Kier alpha value is -2.36. The number of para-hydroxylation sites is 1. The predicted octanol–water partition coefficient (Wildman–Crippen LogP) is 4.31. The molecule has 4 heteroatoms. The SMILES string of the molecule is CCCN1CCc2cccc(COc3ccc(CCC=O)c(F)c3)c21. The molecule has 0 fully saturated rings. The van der Waals surface area contributed by atoms with Crippen molar-refractivity contribution in [3.05, 3.63) is 58.9 Å². The summed E-state index contributed by atoms with van der Waals surface area (Å²) in [6.45, 7) is 4.72. The van der Waals surface area contributed by atoms with E-state index in [2.05, 4.69) is 30.0 Å². The van der Waals surface area contributed by atoms with E-state index in [0.717, 1.165) is 37.8 Å². The highest BCUT2D eigenvalue weighted by atomic mass is 19.1. The number of ether oxygens (including phenoxy) is 1. The summed E-state index contributed by atoms with van der Waals surface area (Å²) >= 11 is 0. The van der Waals surface area contributed by atoms with Gasteiger partial charge in [0.2, 0.25) is 0 Å². The Morgan fingerprint density at radius 1 is 1.24 bits per heavy atom. The third-order valence-electron chi connectivity index (χ3n) is 4.61. The molecule has 0 radical (unpaired) electrons. The fraction of sp³-hybridized carbons (Fsp3) is 0.381. The van der Waals surface area contributed by atoms with Gasteiger partial charge in [-0.15, -0.1) is 0 Å². The van der Waals surface area contributed by atoms with Crippen molar-refractivity contribution in [2.45, 2.75) is 39.2 Å². The molecule has 0 unspecified atom stereocenters. The van der Waals surface area contributed by atoms with Gasteiger partial charge in [0.05, 0.1) is 0 Å². The molecule has 0 aliphatic carbocycles. The zero-order valence-corrected chi connectivity index (χ0v) is 14.6. The van der Waals surface area contributed by atoms with E-state index in [1.807, 2.05) is 0 Å². The quantitative estimate of drug-likeness (QED) is 0.670. The minimum absolute atomic E-state index is 0.315. The van der Waals surface area contributed by atoms with Gasteiger partial charge in [0.1, 0.15) is 24.5 Å². The Labute approximate surface area is 148 Å². The molecule has 2 aromatic carbocycles. The highest BCUT2D eigenvalue weighted by Crippen LogP contribution is 2.32. The van der Waals surface area contributed by atoms with Gasteiger partial charge < -0.3 is 14.4 Å². The average molecular weight is 341 g/mol. The Bertz CT molecular complexity index is 743. The lowest BCUT2D eigenvalue weighted by Crippen LogP contribution is -2.22. The van der Waals surface area contributed by atoms with Crippen molar-refractivity contribution in [3.8, 4) is 5.75 Å². The molecule has 0 N–H and O–H groups in total. The maximum absolute atomic E-state index is 14.1. The summed E-state index contributed by atoms with van der Waals surface area (Å²) in [5, 5.41) is 0. The molecule has 132 valence electrons. The lowest BCUT2D eigenvalue weighted by atomic mass is 10.1. The molecule has 0 spiro atoms. The van der Waals surface area contributed by atoms with E-state index in [-0.39, 0.29) is 5.82 Å². The molecule has 0 bridgehead atoms. The van der Waals surface area contributed by atoms with Gasteiger partial charge in [-0.25, -0.2) is 4.39 Å². The van der Waals surface area contributed by atoms with E-state index in [0.29, 0.717) is 30.8 Å². The number of hydrogen-bond donors (Lipinski definition) is 0. The zero-order valence-electron chi connectivity index (χ0n) is 14.6. The number of benzene rings is 2. The Morgan fingerprint density at radius 2 is 2.12 bits per heavy atom. The molecule has 0 amide bonds. The predicted molar refractivity (Wildman–Crippen MR) is 97.8 cm³/mol. The van der Waals surface area contributed by atoms with Crippen LogP contribution in [-0.2, 0) is 24.2 Å². The Morgan fingerprint density at radius 3 is 2.88 bits per heavy atom. The largest absolute Gasteiger partial charge is 0.489 e. The van der Waals surface area contributed by atoms with E-state index in [1.54, 1.807) is 12.1 Å². The lowest BCUT2D eigenvalue weighted by molar-refractivity contribution is -0.107. The minimum Gasteiger partial charge on any atom is -0.489 e. The molecular formula is C21H24FNO2. The smallest absolute Gasteiger partial charge is 0.130 e. The van der Waals surface area contributed by atoms with Gasteiger partial charge in [-0.05, 0) is 36.5 Å². The highest BCUT2D eigenvalue weighted by Gasteiger charge is 2.21. The molecule has 1 aliphatic heterocycles. The van der Waals surface area contributed by atoms with Gasteiger partial charge in [-0.1, -0.05) is 31.2 Å². The number of hydrogen-bond acceptors (Lipinski definition) is 3. The number of aryl methyl sites for hydroxylation is 1. The van der Waals surface area contributed by atoms with Crippen LogP contribution in [0.25, 0.3) is 0 Å². The van der Waals surface area contributed by atoms with Crippen LogP contribution in [-0.4, -0.2) is 19.4 Å². The maximum Gasteiger partial charge on any atom is 0.130 e. The summed E-state index contributed by atoms with van der Waals surface area (Å²) < 4.78 is 19.9. The van der Waals surface area contributed by atoms with Crippen molar-refractivity contribution in [1.29, 1.82) is 0 Å². The molecule has 0 aromatic heterocycles. The van der Waals surface area contributed by atoms with Gasteiger partial charge in [-0.2, -0.15) is 0 Å². The second kappa shape index (κ2) is 8.15. The summed E-state index contributed by atoms with van der Waals surface area (Å²) in [6.07, 6.45) is 3.75. The van der Waals surface area contributed by atoms with Crippen LogP contribution < -0.4 is 9.64 Å². The first-order chi connectivity index (χ1) is 12.2. The van der Waals surface area contributed by atoms with Gasteiger partial charge in [-0.3, -0.25) is 0 Å². The number of carbonyl (C=O) groups excluding carboxylic acids is 1. The Balaban J connectivity index is 1.71. The van der Waals surface area contributed by atoms with Crippen molar-refractivity contribution in [3.63, 3.8) is 0 Å². The molecule has 3 nitrogen and oxygen atoms in total. The second-order valence-electron chi connectivity index (χ2n) is 6.41. The van der Waals surface area contributed by atoms with Gasteiger partial charge >= 0.3 is 0 Å². The summed E-state index contributed by atoms with van der Waals surface area (Å²) in [4.78, 5) is 12.8. The van der Waals surface area contributed by atoms with Crippen LogP contribution >= 0.6 is 0 Å². The monoisotopic (exact) mass is 341 g/mol. The number of rotatable bonds is 8. The average Bonchev–Trinajstić information content (AvgIpc) is 3.03. The van der Waals surface area contributed by atoms with Crippen molar-refractivity contribution < 1.29 is 13.9 Å². The number of fused-ring (bicyclic) bond motifs is 1. The molecule has 0 saturated heterocycles. The number of nitrogens with zero attached hydrogens (tertiary/aromatic N) is 1. The zero-order chi connectivity index (χ0) is 17.6. The van der Waals surface area contributed by atoms with Crippen molar-refractivity contribution in [1.82, 2.24) is 0 Å². The summed E-state index contributed by atoms with van der Waals surface area (Å²) in [6, 6.07) is 11.2. The van der Waals surface area contributed by atoms with Crippen LogP contribution in [0.1, 0.15) is 36.5 Å². The number of halogens is 1. The van der Waals surface area contributed by atoms with Gasteiger partial charge in [0.15, 0.2) is 0 Å². The van der Waals surface area contributed by atoms with Crippen LogP contribution in [0, 0.1) is 5.82 Å². The first kappa shape index (κ1) is 17.5. The molecule has 2 aromatic rings. The highest BCUT2D eigenvalue weighted by molar-refractivity contribution is 5.63. The van der Waals surface area contributed by atoms with Gasteiger partial charge in [0.25, 0.3) is 0 Å². The van der Waals surface area contributed by atoms with Crippen molar-refractivity contribution in [2.24, 2.45) is 0 Å². The molecular weight excluding hydrogens is 317 g/mol. The van der Waals surface area contributed by atoms with E-state index < -0.39 is 0 Å².